The summed E-state index contributed by atoms with van der Waals surface area (Å²) < 4.78 is 6.69. The number of nitrogens with zero attached hydrogens (tertiary/aromatic N) is 2. The summed E-state index contributed by atoms with van der Waals surface area (Å²) in [6.45, 7) is -0.430. The number of aromatic nitrogens is 2. The summed E-state index contributed by atoms with van der Waals surface area (Å²) in [4.78, 5) is 15.0. The van der Waals surface area contributed by atoms with Crippen LogP contribution in [0.1, 0.15) is 16.7 Å². The molecule has 0 saturated carbocycles. The molecule has 1 fully saturated rings. The zero-order valence-corrected chi connectivity index (χ0v) is 10.2. The molecule has 6 N–H and O–H groups in total. The van der Waals surface area contributed by atoms with E-state index in [9.17, 15) is 15.0 Å². The molecule has 1 saturated heterocycles. The predicted octanol–water partition coefficient (Wildman–Crippen LogP) is -2.36. The van der Waals surface area contributed by atoms with Crippen LogP contribution in [0.5, 0.6) is 0 Å². The van der Waals surface area contributed by atoms with Gasteiger partial charge in [-0.25, -0.2) is 4.98 Å². The Morgan fingerprint density at radius 2 is 2.26 bits per heavy atom. The number of carbonyl (C=O) groups excluding carboxylic acids is 1. The van der Waals surface area contributed by atoms with Crippen molar-refractivity contribution in [3.63, 3.8) is 0 Å². The first-order valence-corrected chi connectivity index (χ1v) is 5.68. The lowest BCUT2D eigenvalue weighted by Crippen LogP contribution is -2.33. The summed E-state index contributed by atoms with van der Waals surface area (Å²) in [6.07, 6.45) is -3.07. The van der Waals surface area contributed by atoms with E-state index in [1.165, 1.54) is 10.9 Å². The highest BCUT2D eigenvalue weighted by Gasteiger charge is 2.44. The van der Waals surface area contributed by atoms with Crippen molar-refractivity contribution in [3.8, 4) is 0 Å². The van der Waals surface area contributed by atoms with Crippen LogP contribution in [0.25, 0.3) is 0 Å². The Morgan fingerprint density at radius 1 is 1.58 bits per heavy atom. The van der Waals surface area contributed by atoms with Crippen LogP contribution in [0.3, 0.4) is 0 Å². The van der Waals surface area contributed by atoms with Crippen LogP contribution in [0, 0.1) is 0 Å². The molecule has 0 aromatic carbocycles. The zero-order chi connectivity index (χ0) is 14.2. The molecule has 1 amide bonds. The number of primary amides is 1. The molecule has 0 bridgehead atoms. The number of anilines is 1. The van der Waals surface area contributed by atoms with Gasteiger partial charge in [0.2, 0.25) is 0 Å². The van der Waals surface area contributed by atoms with Crippen molar-refractivity contribution < 1.29 is 24.9 Å². The van der Waals surface area contributed by atoms with Crippen molar-refractivity contribution in [1.29, 1.82) is 0 Å². The number of aliphatic hydroxyl groups excluding tert-OH is 3. The molecule has 0 aliphatic carbocycles. The number of hydrogen-bond acceptors (Lipinski definition) is 7. The Bertz CT molecular complexity index is 476. The number of imidazole rings is 1. The Balaban J connectivity index is 2.35. The Labute approximate surface area is 108 Å². The minimum absolute atomic E-state index is 0.000221. The summed E-state index contributed by atoms with van der Waals surface area (Å²) in [5, 5.41) is 31.4. The fraction of sp³-hybridized carbons (Fsp3) is 0.600. The van der Waals surface area contributed by atoms with Gasteiger partial charge in [0.05, 0.1) is 12.9 Å². The summed E-state index contributed by atoms with van der Waals surface area (Å²) in [5.41, 5.74) is 5.17. The highest BCUT2D eigenvalue weighted by Crippen LogP contribution is 2.32. The molecule has 1 aromatic heterocycles. The van der Waals surface area contributed by atoms with Gasteiger partial charge in [-0.3, -0.25) is 9.36 Å². The van der Waals surface area contributed by atoms with E-state index < -0.39 is 37.1 Å². The average Bonchev–Trinajstić information content (AvgIpc) is 2.92. The fourth-order valence-electron chi connectivity index (χ4n) is 2.09. The number of ether oxygens (including phenoxy) is 1. The van der Waals surface area contributed by atoms with Gasteiger partial charge in [0, 0.05) is 7.05 Å². The van der Waals surface area contributed by atoms with E-state index >= 15 is 0 Å². The molecule has 0 radical (unpaired) electrons. The van der Waals surface area contributed by atoms with Crippen molar-refractivity contribution in [2.24, 2.45) is 5.73 Å². The van der Waals surface area contributed by atoms with Crippen LogP contribution >= 0.6 is 0 Å². The van der Waals surface area contributed by atoms with Crippen molar-refractivity contribution in [1.82, 2.24) is 9.55 Å². The summed E-state index contributed by atoms with van der Waals surface area (Å²) in [5.74, 6) is -0.461. The molecule has 1 aromatic rings. The van der Waals surface area contributed by atoms with Gasteiger partial charge < -0.3 is 31.1 Å². The first-order valence-electron chi connectivity index (χ1n) is 5.68. The van der Waals surface area contributed by atoms with E-state index in [1.54, 1.807) is 7.05 Å². The minimum atomic E-state index is -1.25. The Kier molecular flexibility index (Phi) is 3.71. The largest absolute Gasteiger partial charge is 0.394 e. The number of aliphatic hydroxyl groups is 3. The minimum Gasteiger partial charge on any atom is -0.394 e. The molecular weight excluding hydrogens is 256 g/mol. The number of hydrogen-bond donors (Lipinski definition) is 5. The Hall–Kier alpha value is -1.68. The second-order valence-corrected chi connectivity index (χ2v) is 4.19. The third-order valence-electron chi connectivity index (χ3n) is 3.06. The van der Waals surface area contributed by atoms with Gasteiger partial charge in [0.1, 0.15) is 24.1 Å². The third kappa shape index (κ3) is 2.16. The zero-order valence-electron chi connectivity index (χ0n) is 10.2. The molecule has 0 spiro atoms. The van der Waals surface area contributed by atoms with Crippen molar-refractivity contribution in [2.75, 3.05) is 19.0 Å². The van der Waals surface area contributed by atoms with E-state index in [4.69, 9.17) is 15.6 Å². The molecule has 9 nitrogen and oxygen atoms in total. The van der Waals surface area contributed by atoms with Gasteiger partial charge in [-0.1, -0.05) is 0 Å². The first-order chi connectivity index (χ1) is 9.01. The van der Waals surface area contributed by atoms with Crippen LogP contribution in [-0.2, 0) is 4.74 Å². The monoisotopic (exact) mass is 272 g/mol. The fourth-order valence-corrected chi connectivity index (χ4v) is 2.09. The van der Waals surface area contributed by atoms with Crippen molar-refractivity contribution >= 4 is 11.7 Å². The molecule has 2 heterocycles. The van der Waals surface area contributed by atoms with Crippen LogP contribution in [-0.4, -0.2) is 62.7 Å². The van der Waals surface area contributed by atoms with Gasteiger partial charge in [0.15, 0.2) is 11.9 Å². The second-order valence-electron chi connectivity index (χ2n) is 4.19. The van der Waals surface area contributed by atoms with Crippen molar-refractivity contribution in [2.45, 2.75) is 24.5 Å². The number of rotatable bonds is 4. The van der Waals surface area contributed by atoms with E-state index in [0.29, 0.717) is 0 Å². The van der Waals surface area contributed by atoms with Gasteiger partial charge >= 0.3 is 0 Å². The van der Waals surface area contributed by atoms with E-state index in [-0.39, 0.29) is 11.5 Å². The molecule has 1 aliphatic heterocycles. The van der Waals surface area contributed by atoms with Crippen LogP contribution in [0.15, 0.2) is 6.33 Å². The number of nitrogens with one attached hydrogen (secondary N) is 1. The van der Waals surface area contributed by atoms with Crippen molar-refractivity contribution in [3.05, 3.63) is 12.0 Å². The van der Waals surface area contributed by atoms with E-state index in [2.05, 4.69) is 10.3 Å². The molecular formula is C10H16N4O5. The molecule has 19 heavy (non-hydrogen) atoms. The maximum atomic E-state index is 11.2. The molecule has 1 aliphatic rings. The normalized spacial score (nSPS) is 30.5. The smallest absolute Gasteiger partial charge is 0.271 e. The van der Waals surface area contributed by atoms with Gasteiger partial charge in [-0.15, -0.1) is 0 Å². The second kappa shape index (κ2) is 5.13. The Morgan fingerprint density at radius 3 is 2.74 bits per heavy atom. The maximum Gasteiger partial charge on any atom is 0.271 e. The standard InChI is InChI=1S/C10H16N4O5/c1-12-9-5(8(11)18)13-3-14(9)10-7(17)6(16)4(2-15)19-10/h3-4,6-7,10,12,15-17H,2H2,1H3,(H2,11,18)/t4-,6-,7-,10-/m1/s1. The highest BCUT2D eigenvalue weighted by atomic mass is 16.6. The quantitative estimate of drug-likeness (QED) is 0.412. The molecule has 9 heteroatoms. The topological polar surface area (TPSA) is 143 Å². The third-order valence-corrected chi connectivity index (χ3v) is 3.06. The summed E-state index contributed by atoms with van der Waals surface area (Å²) in [6, 6.07) is 0. The predicted molar refractivity (Wildman–Crippen MR) is 63.3 cm³/mol. The number of carbonyl (C=O) groups is 1. The van der Waals surface area contributed by atoms with E-state index in [1.807, 2.05) is 0 Å². The number of nitrogens with two attached hydrogens (primary N) is 1. The molecule has 106 valence electrons. The van der Waals surface area contributed by atoms with Gasteiger partial charge in [0.25, 0.3) is 5.91 Å². The SMILES string of the molecule is CNc1c(C(N)=O)ncn1[C@@H]1O[C@H](CO)[C@@H](O)[C@H]1O. The lowest BCUT2D eigenvalue weighted by molar-refractivity contribution is -0.0518. The summed E-state index contributed by atoms with van der Waals surface area (Å²) in [7, 11) is 1.56. The van der Waals surface area contributed by atoms with Gasteiger partial charge in [-0.05, 0) is 0 Å². The maximum absolute atomic E-state index is 11.2. The number of amides is 1. The summed E-state index contributed by atoms with van der Waals surface area (Å²) >= 11 is 0. The molecule has 0 unspecified atom stereocenters. The first kappa shape index (κ1) is 13.7. The van der Waals surface area contributed by atoms with Crippen LogP contribution in [0.2, 0.25) is 0 Å². The highest BCUT2D eigenvalue weighted by molar-refractivity contribution is 5.95. The molecule has 2 rings (SSSR count). The lowest BCUT2D eigenvalue weighted by atomic mass is 10.1. The average molecular weight is 272 g/mol. The lowest BCUT2D eigenvalue weighted by Gasteiger charge is -2.18. The van der Waals surface area contributed by atoms with E-state index in [0.717, 1.165) is 0 Å². The molecule has 4 atom stereocenters. The van der Waals surface area contributed by atoms with Crippen LogP contribution < -0.4 is 11.1 Å². The van der Waals surface area contributed by atoms with Crippen LogP contribution in [0.4, 0.5) is 5.82 Å². The van der Waals surface area contributed by atoms with Gasteiger partial charge in [-0.2, -0.15) is 0 Å².